The van der Waals surface area contributed by atoms with E-state index in [2.05, 4.69) is 17.1 Å². The Morgan fingerprint density at radius 1 is 1.06 bits per heavy atom. The fourth-order valence-electron chi connectivity index (χ4n) is 5.26. The number of hydrogen-bond donors (Lipinski definition) is 1. The molecule has 1 aliphatic heterocycles. The number of carbonyl (C=O) groups is 2. The zero-order chi connectivity index (χ0) is 22.9. The highest BCUT2D eigenvalue weighted by molar-refractivity contribution is 5.92. The summed E-state index contributed by atoms with van der Waals surface area (Å²) in [5.74, 6) is 0.509. The van der Waals surface area contributed by atoms with Crippen molar-refractivity contribution in [3.63, 3.8) is 0 Å². The summed E-state index contributed by atoms with van der Waals surface area (Å²) in [7, 11) is 1.88. The highest BCUT2D eigenvalue weighted by Gasteiger charge is 2.23. The number of hydrogen-bond acceptors (Lipinski definition) is 3. The second-order valence-corrected chi connectivity index (χ2v) is 9.89. The molecule has 5 nitrogen and oxygen atoms in total. The summed E-state index contributed by atoms with van der Waals surface area (Å²) in [4.78, 5) is 26.4. The van der Waals surface area contributed by atoms with Crippen molar-refractivity contribution in [2.75, 3.05) is 30.4 Å². The molecule has 2 saturated carbocycles. The van der Waals surface area contributed by atoms with Crippen LogP contribution in [0.25, 0.3) is 0 Å². The van der Waals surface area contributed by atoms with E-state index < -0.39 is 0 Å². The molecule has 0 radical (unpaired) electrons. The predicted molar refractivity (Wildman–Crippen MR) is 128 cm³/mol. The summed E-state index contributed by atoms with van der Waals surface area (Å²) in [5.41, 5.74) is 1.23. The average molecular weight is 446 g/mol. The zero-order valence-corrected chi connectivity index (χ0v) is 19.8. The molecule has 3 aliphatic rings. The van der Waals surface area contributed by atoms with Crippen molar-refractivity contribution in [2.45, 2.75) is 83.6 Å². The molecule has 1 heterocycles. The number of rotatable bonds is 5. The summed E-state index contributed by atoms with van der Waals surface area (Å²) in [6.07, 6.45) is 13.8. The Hall–Kier alpha value is -2.11. The predicted octanol–water partition coefficient (Wildman–Crippen LogP) is 5.60. The number of piperidine rings is 1. The normalized spacial score (nSPS) is 22.1. The van der Waals surface area contributed by atoms with E-state index in [4.69, 9.17) is 0 Å². The van der Waals surface area contributed by atoms with Gasteiger partial charge in [-0.3, -0.25) is 9.59 Å². The molecule has 6 heteroatoms. The minimum atomic E-state index is -0.238. The Bertz CT molecular complexity index is 745. The van der Waals surface area contributed by atoms with E-state index in [0.717, 1.165) is 51.6 Å². The molecule has 1 saturated heterocycles. The molecule has 2 aliphatic carbocycles. The Balaban J connectivity index is 0.000000243. The molecule has 1 aromatic carbocycles. The van der Waals surface area contributed by atoms with Crippen molar-refractivity contribution in [2.24, 2.45) is 11.8 Å². The first-order valence-corrected chi connectivity index (χ1v) is 12.5. The van der Waals surface area contributed by atoms with Crippen LogP contribution >= 0.6 is 0 Å². The van der Waals surface area contributed by atoms with Crippen LogP contribution in [0.5, 0.6) is 0 Å². The molecule has 2 amide bonds. The number of amides is 2. The average Bonchev–Trinajstić information content (AvgIpc) is 3.35. The Kier molecular flexibility index (Phi) is 9.36. The topological polar surface area (TPSA) is 52.7 Å². The van der Waals surface area contributed by atoms with Crippen molar-refractivity contribution >= 4 is 23.7 Å². The third-order valence-electron chi connectivity index (χ3n) is 7.26. The molecule has 0 aromatic heterocycles. The lowest BCUT2D eigenvalue weighted by atomic mass is 9.95. The maximum Gasteiger partial charge on any atom is 0.227 e. The Morgan fingerprint density at radius 3 is 2.38 bits per heavy atom. The van der Waals surface area contributed by atoms with Gasteiger partial charge in [-0.1, -0.05) is 39.0 Å². The standard InChI is InChI=1S/C18H25FN2O.C8H15NO/c1-13-5-4-10-21(12-13)17-9-8-15(11-16(17)19)20-18(22)14-6-2-3-7-14;1-9(7-10)8-5-3-2-4-6-8/h8-9,11,13-14H,2-7,10,12H2,1H3,(H,20,22);7-8H,2-6H2,1H3. The van der Waals surface area contributed by atoms with E-state index in [9.17, 15) is 14.0 Å². The Labute approximate surface area is 192 Å². The highest BCUT2D eigenvalue weighted by Crippen LogP contribution is 2.29. The largest absolute Gasteiger partial charge is 0.369 e. The summed E-state index contributed by atoms with van der Waals surface area (Å²) >= 11 is 0. The van der Waals surface area contributed by atoms with Gasteiger partial charge in [0.05, 0.1) is 5.69 Å². The van der Waals surface area contributed by atoms with Gasteiger partial charge in [0.15, 0.2) is 0 Å². The van der Waals surface area contributed by atoms with Crippen LogP contribution in [-0.2, 0) is 9.59 Å². The molecule has 4 rings (SSSR count). The summed E-state index contributed by atoms with van der Waals surface area (Å²) in [5, 5.41) is 2.87. The smallest absolute Gasteiger partial charge is 0.227 e. The minimum Gasteiger partial charge on any atom is -0.369 e. The van der Waals surface area contributed by atoms with E-state index in [1.165, 1.54) is 44.6 Å². The molecular formula is C26H40FN3O2. The number of benzene rings is 1. The third kappa shape index (κ3) is 6.94. The van der Waals surface area contributed by atoms with Crippen LogP contribution in [0.3, 0.4) is 0 Å². The lowest BCUT2D eigenvalue weighted by Gasteiger charge is -2.33. The quantitative estimate of drug-likeness (QED) is 0.601. The lowest BCUT2D eigenvalue weighted by Crippen LogP contribution is -2.34. The van der Waals surface area contributed by atoms with Crippen molar-refractivity contribution in [1.82, 2.24) is 4.90 Å². The van der Waals surface area contributed by atoms with Gasteiger partial charge < -0.3 is 15.1 Å². The van der Waals surface area contributed by atoms with Crippen LogP contribution < -0.4 is 10.2 Å². The van der Waals surface area contributed by atoms with Gasteiger partial charge in [0.2, 0.25) is 12.3 Å². The van der Waals surface area contributed by atoms with E-state index >= 15 is 0 Å². The van der Waals surface area contributed by atoms with Gasteiger partial charge in [-0.25, -0.2) is 4.39 Å². The first-order chi connectivity index (χ1) is 15.5. The molecule has 3 fully saturated rings. The zero-order valence-electron chi connectivity index (χ0n) is 19.8. The third-order valence-corrected chi connectivity index (χ3v) is 7.26. The first kappa shape index (κ1) is 24.5. The van der Waals surface area contributed by atoms with Gasteiger partial charge in [0.25, 0.3) is 0 Å². The van der Waals surface area contributed by atoms with Crippen LogP contribution in [0.15, 0.2) is 18.2 Å². The minimum absolute atomic E-state index is 0.0382. The second-order valence-electron chi connectivity index (χ2n) is 9.89. The first-order valence-electron chi connectivity index (χ1n) is 12.5. The monoisotopic (exact) mass is 445 g/mol. The van der Waals surface area contributed by atoms with Gasteiger partial charge in [0.1, 0.15) is 5.82 Å². The molecule has 32 heavy (non-hydrogen) atoms. The van der Waals surface area contributed by atoms with Crippen molar-refractivity contribution < 1.29 is 14.0 Å². The Morgan fingerprint density at radius 2 is 1.75 bits per heavy atom. The molecular weight excluding hydrogens is 405 g/mol. The maximum absolute atomic E-state index is 14.4. The maximum atomic E-state index is 14.4. The molecule has 1 unspecified atom stereocenters. The van der Waals surface area contributed by atoms with Crippen LogP contribution in [0.4, 0.5) is 15.8 Å². The van der Waals surface area contributed by atoms with Gasteiger partial charge in [0, 0.05) is 37.8 Å². The molecule has 1 aromatic rings. The van der Waals surface area contributed by atoms with Gasteiger partial charge >= 0.3 is 0 Å². The van der Waals surface area contributed by atoms with Gasteiger partial charge in [-0.15, -0.1) is 0 Å². The van der Waals surface area contributed by atoms with E-state index in [1.54, 1.807) is 11.0 Å². The molecule has 0 spiro atoms. The highest BCUT2D eigenvalue weighted by atomic mass is 19.1. The van der Waals surface area contributed by atoms with Crippen LogP contribution in [0.2, 0.25) is 0 Å². The molecule has 178 valence electrons. The summed E-state index contributed by atoms with van der Waals surface area (Å²) in [6, 6.07) is 5.62. The SMILES string of the molecule is CC1CCCN(c2ccc(NC(=O)C3CCCC3)cc2F)C1.CN(C=O)C1CCCCC1. The number of halogens is 1. The summed E-state index contributed by atoms with van der Waals surface area (Å²) < 4.78 is 14.4. The van der Waals surface area contributed by atoms with E-state index in [-0.39, 0.29) is 17.6 Å². The van der Waals surface area contributed by atoms with Crippen molar-refractivity contribution in [3.8, 4) is 0 Å². The van der Waals surface area contributed by atoms with E-state index in [0.29, 0.717) is 23.3 Å². The molecule has 1 N–H and O–H groups in total. The van der Waals surface area contributed by atoms with Gasteiger partial charge in [-0.05, 0) is 62.6 Å². The van der Waals surface area contributed by atoms with Crippen molar-refractivity contribution in [1.29, 1.82) is 0 Å². The van der Waals surface area contributed by atoms with Gasteiger partial charge in [-0.2, -0.15) is 0 Å². The second kappa shape index (κ2) is 12.2. The fraction of sp³-hybridized carbons (Fsp3) is 0.692. The van der Waals surface area contributed by atoms with E-state index in [1.807, 2.05) is 13.1 Å². The lowest BCUT2D eigenvalue weighted by molar-refractivity contribution is -0.120. The fourth-order valence-corrected chi connectivity index (χ4v) is 5.26. The summed E-state index contributed by atoms with van der Waals surface area (Å²) in [6.45, 7) is 4.03. The number of anilines is 2. The number of carbonyl (C=O) groups excluding carboxylic acids is 2. The molecule has 1 atom stereocenters. The van der Waals surface area contributed by atoms with Crippen LogP contribution in [0.1, 0.15) is 77.6 Å². The number of nitrogens with one attached hydrogen (secondary N) is 1. The van der Waals surface area contributed by atoms with Crippen molar-refractivity contribution in [3.05, 3.63) is 24.0 Å². The molecule has 0 bridgehead atoms. The number of nitrogens with zero attached hydrogens (tertiary/aromatic N) is 2. The van der Waals surface area contributed by atoms with Crippen LogP contribution in [0, 0.1) is 17.7 Å². The van der Waals surface area contributed by atoms with Crippen LogP contribution in [-0.4, -0.2) is 43.4 Å².